The van der Waals surface area contributed by atoms with Crippen LogP contribution in [0.2, 0.25) is 0 Å². The Bertz CT molecular complexity index is 522. The minimum Gasteiger partial charge on any atom is -0.868 e. The Morgan fingerprint density at radius 1 is 1.20 bits per heavy atom. The minimum absolute atomic E-state index is 0.0465. The van der Waals surface area contributed by atoms with Crippen molar-refractivity contribution >= 4 is 0 Å². The fourth-order valence-electron chi connectivity index (χ4n) is 2.30. The van der Waals surface area contributed by atoms with Gasteiger partial charge in [0.2, 0.25) is 12.1 Å². The molecule has 2 rings (SSSR count). The summed E-state index contributed by atoms with van der Waals surface area (Å²) in [5.74, 6) is 0.420. The van der Waals surface area contributed by atoms with Gasteiger partial charge >= 0.3 is 0 Å². The van der Waals surface area contributed by atoms with Crippen molar-refractivity contribution in [1.82, 2.24) is 9.55 Å². The molecule has 4 nitrogen and oxygen atoms in total. The average Bonchev–Trinajstić information content (AvgIpc) is 2.92. The molecule has 0 aliphatic heterocycles. The molecule has 2 aromatic heterocycles. The Morgan fingerprint density at radius 3 is 2.80 bits per heavy atom. The quantitative estimate of drug-likeness (QED) is 0.548. The predicted molar refractivity (Wildman–Crippen MR) is 76.6 cm³/mol. The van der Waals surface area contributed by atoms with Crippen molar-refractivity contribution in [1.29, 1.82) is 0 Å². The van der Waals surface area contributed by atoms with Gasteiger partial charge in [0.25, 0.3) is 0 Å². The van der Waals surface area contributed by atoms with E-state index in [4.69, 9.17) is 0 Å². The van der Waals surface area contributed by atoms with Crippen molar-refractivity contribution in [2.24, 2.45) is 0 Å². The third-order valence-corrected chi connectivity index (χ3v) is 3.46. The predicted octanol–water partition coefficient (Wildman–Crippen LogP) is 2.59. The van der Waals surface area contributed by atoms with Crippen molar-refractivity contribution in [3.05, 3.63) is 37.1 Å². The zero-order valence-corrected chi connectivity index (χ0v) is 12.2. The maximum Gasteiger partial charge on any atom is 0.250 e. The molecule has 0 bridgehead atoms. The Labute approximate surface area is 120 Å². The Hall–Kier alpha value is -1.84. The normalized spacial score (nSPS) is 10.8. The third kappa shape index (κ3) is 4.08. The van der Waals surface area contributed by atoms with Crippen molar-refractivity contribution < 1.29 is 9.67 Å². The molecule has 0 amide bonds. The van der Waals surface area contributed by atoms with E-state index in [9.17, 15) is 5.11 Å². The first-order chi connectivity index (χ1) is 9.81. The number of nitrogens with zero attached hydrogens (tertiary/aromatic N) is 3. The fraction of sp³-hybridized carbons (Fsp3) is 0.500. The SMILES string of the molecule is CCCCCCCC[n+]1ccn(-c2ncccc2[O-])c1. The number of hydrogen-bond donors (Lipinski definition) is 0. The van der Waals surface area contributed by atoms with Gasteiger partial charge in [0, 0.05) is 6.20 Å². The van der Waals surface area contributed by atoms with Gasteiger partial charge in [0.05, 0.1) is 6.54 Å². The zero-order chi connectivity index (χ0) is 14.2. The van der Waals surface area contributed by atoms with Gasteiger partial charge in [-0.2, -0.15) is 4.57 Å². The highest BCUT2D eigenvalue weighted by Crippen LogP contribution is 2.13. The Kier molecular flexibility index (Phi) is 5.59. The van der Waals surface area contributed by atoms with Gasteiger partial charge in [-0.25, -0.2) is 9.55 Å². The summed E-state index contributed by atoms with van der Waals surface area (Å²) < 4.78 is 3.91. The lowest BCUT2D eigenvalue weighted by molar-refractivity contribution is -0.696. The van der Waals surface area contributed by atoms with Gasteiger partial charge in [-0.1, -0.05) is 38.7 Å². The second kappa shape index (κ2) is 7.68. The van der Waals surface area contributed by atoms with E-state index in [1.54, 1.807) is 22.9 Å². The number of imidazole rings is 1. The first kappa shape index (κ1) is 14.6. The number of aryl methyl sites for hydroxylation is 1. The van der Waals surface area contributed by atoms with E-state index < -0.39 is 0 Å². The lowest BCUT2D eigenvalue weighted by atomic mass is 10.1. The van der Waals surface area contributed by atoms with Crippen LogP contribution in [0.4, 0.5) is 0 Å². The molecule has 108 valence electrons. The number of pyridine rings is 1. The lowest BCUT2D eigenvalue weighted by Gasteiger charge is -2.06. The lowest BCUT2D eigenvalue weighted by Crippen LogP contribution is -2.30. The van der Waals surface area contributed by atoms with E-state index in [1.807, 2.05) is 18.7 Å². The summed E-state index contributed by atoms with van der Waals surface area (Å²) in [6.07, 6.45) is 15.2. The number of rotatable bonds is 8. The molecule has 0 aromatic carbocycles. The van der Waals surface area contributed by atoms with Crippen LogP contribution in [0.25, 0.3) is 5.82 Å². The fourth-order valence-corrected chi connectivity index (χ4v) is 2.30. The zero-order valence-electron chi connectivity index (χ0n) is 12.2. The second-order valence-corrected chi connectivity index (χ2v) is 5.15. The molecule has 2 aromatic rings. The Morgan fingerprint density at radius 2 is 2.00 bits per heavy atom. The largest absolute Gasteiger partial charge is 0.868 e. The number of aromatic nitrogens is 3. The van der Waals surface area contributed by atoms with E-state index in [1.165, 1.54) is 38.5 Å². The molecule has 0 radical (unpaired) electrons. The topological polar surface area (TPSA) is 44.8 Å². The molecule has 0 aliphatic rings. The van der Waals surface area contributed by atoms with Gasteiger partial charge in [0.1, 0.15) is 12.4 Å². The van der Waals surface area contributed by atoms with Gasteiger partial charge in [0.15, 0.2) is 0 Å². The van der Waals surface area contributed by atoms with Gasteiger partial charge in [-0.05, 0) is 24.7 Å². The maximum absolute atomic E-state index is 11.7. The van der Waals surface area contributed by atoms with Crippen LogP contribution in [-0.4, -0.2) is 9.55 Å². The highest BCUT2D eigenvalue weighted by Gasteiger charge is 2.07. The van der Waals surface area contributed by atoms with E-state index in [-0.39, 0.29) is 5.75 Å². The van der Waals surface area contributed by atoms with E-state index in [2.05, 4.69) is 16.5 Å². The van der Waals surface area contributed by atoms with Crippen LogP contribution in [0.15, 0.2) is 37.1 Å². The van der Waals surface area contributed by atoms with Crippen LogP contribution in [0.3, 0.4) is 0 Å². The minimum atomic E-state index is -0.0465. The monoisotopic (exact) mass is 273 g/mol. The van der Waals surface area contributed by atoms with Crippen LogP contribution in [0, 0.1) is 0 Å². The molecule has 0 unspecified atom stereocenters. The summed E-state index contributed by atoms with van der Waals surface area (Å²) in [5, 5.41) is 11.7. The second-order valence-electron chi connectivity index (χ2n) is 5.15. The van der Waals surface area contributed by atoms with E-state index >= 15 is 0 Å². The molecule has 0 aliphatic carbocycles. The highest BCUT2D eigenvalue weighted by molar-refractivity contribution is 5.36. The number of hydrogen-bond acceptors (Lipinski definition) is 2. The summed E-state index contributed by atoms with van der Waals surface area (Å²) in [6.45, 7) is 3.24. The van der Waals surface area contributed by atoms with Gasteiger partial charge in [-0.15, -0.1) is 0 Å². The van der Waals surface area contributed by atoms with Gasteiger partial charge < -0.3 is 5.11 Å². The molecule has 0 saturated carbocycles. The molecule has 0 spiro atoms. The maximum atomic E-state index is 11.7. The molecule has 0 saturated heterocycles. The van der Waals surface area contributed by atoms with Crippen molar-refractivity contribution in [3.63, 3.8) is 0 Å². The third-order valence-electron chi connectivity index (χ3n) is 3.46. The molecule has 20 heavy (non-hydrogen) atoms. The molecule has 0 fully saturated rings. The summed E-state index contributed by atoms with van der Waals surface area (Å²) in [6, 6.07) is 3.21. The summed E-state index contributed by atoms with van der Waals surface area (Å²) in [4.78, 5) is 4.13. The molecule has 0 atom stereocenters. The summed E-state index contributed by atoms with van der Waals surface area (Å²) >= 11 is 0. The smallest absolute Gasteiger partial charge is 0.250 e. The average molecular weight is 273 g/mol. The first-order valence-corrected chi connectivity index (χ1v) is 7.50. The Balaban J connectivity index is 1.82. The van der Waals surface area contributed by atoms with E-state index in [0.717, 1.165) is 6.54 Å². The van der Waals surface area contributed by atoms with Crippen molar-refractivity contribution in [2.75, 3.05) is 0 Å². The van der Waals surface area contributed by atoms with Gasteiger partial charge in [-0.3, -0.25) is 0 Å². The molecule has 2 heterocycles. The van der Waals surface area contributed by atoms with Crippen LogP contribution < -0.4 is 9.67 Å². The molecule has 4 heteroatoms. The van der Waals surface area contributed by atoms with Crippen LogP contribution in [0.1, 0.15) is 45.4 Å². The molecular weight excluding hydrogens is 250 g/mol. The summed E-state index contributed by atoms with van der Waals surface area (Å²) in [7, 11) is 0. The van der Waals surface area contributed by atoms with Crippen LogP contribution >= 0.6 is 0 Å². The summed E-state index contributed by atoms with van der Waals surface area (Å²) in [5.41, 5.74) is 0. The standard InChI is InChI=1S/C16H23N3O/c1-2-3-4-5-6-7-11-18-12-13-19(14-18)16-15(20)9-8-10-17-16/h8-10,12-14H,2-7,11H2,1H3. The van der Waals surface area contributed by atoms with E-state index in [0.29, 0.717) is 5.82 Å². The van der Waals surface area contributed by atoms with Crippen molar-refractivity contribution in [3.8, 4) is 11.6 Å². The molecular formula is C16H23N3O. The molecule has 0 N–H and O–H groups in total. The number of unbranched alkanes of at least 4 members (excludes halogenated alkanes) is 5. The van der Waals surface area contributed by atoms with Crippen LogP contribution in [0.5, 0.6) is 5.75 Å². The van der Waals surface area contributed by atoms with Crippen LogP contribution in [-0.2, 0) is 6.54 Å². The highest BCUT2D eigenvalue weighted by atomic mass is 16.3. The first-order valence-electron chi connectivity index (χ1n) is 7.50. The van der Waals surface area contributed by atoms with Crippen molar-refractivity contribution in [2.45, 2.75) is 52.0 Å².